The standard InChI is InChI=1S/C20H25N5O5S/c1-12(19(27)22-13-4-5-15-16(9-13)30-11-29-15)31-20-24-23-18(7-6-17(21)26)25(20)10-14-3-2-8-28-14/h4-5,9,12,14H,2-3,6-8,10-11H2,1H3,(H2,21,26)(H,22,27)/t12-,14+/m1/s1. The van der Waals surface area contributed by atoms with E-state index >= 15 is 0 Å². The highest BCUT2D eigenvalue weighted by Crippen LogP contribution is 2.34. The maximum Gasteiger partial charge on any atom is 0.237 e. The van der Waals surface area contributed by atoms with E-state index in [-0.39, 0.29) is 25.2 Å². The normalized spacial score (nSPS) is 18.2. The number of nitrogens with zero attached hydrogens (tertiary/aromatic N) is 3. The number of anilines is 1. The van der Waals surface area contributed by atoms with E-state index in [1.165, 1.54) is 11.8 Å². The van der Waals surface area contributed by atoms with Gasteiger partial charge in [-0.2, -0.15) is 0 Å². The molecule has 1 fully saturated rings. The first kappa shape index (κ1) is 21.4. The van der Waals surface area contributed by atoms with Crippen LogP contribution in [0.3, 0.4) is 0 Å². The molecule has 0 bridgehead atoms. The topological polar surface area (TPSA) is 131 Å². The third-order valence-electron chi connectivity index (χ3n) is 5.09. The highest BCUT2D eigenvalue weighted by atomic mass is 32.2. The molecule has 4 rings (SSSR count). The van der Waals surface area contributed by atoms with Gasteiger partial charge in [0.25, 0.3) is 0 Å². The van der Waals surface area contributed by atoms with E-state index in [9.17, 15) is 9.59 Å². The number of hydrogen-bond acceptors (Lipinski definition) is 8. The van der Waals surface area contributed by atoms with Gasteiger partial charge in [0.1, 0.15) is 5.82 Å². The summed E-state index contributed by atoms with van der Waals surface area (Å²) in [7, 11) is 0. The van der Waals surface area contributed by atoms with Gasteiger partial charge in [0, 0.05) is 31.2 Å². The summed E-state index contributed by atoms with van der Waals surface area (Å²) in [4.78, 5) is 24.0. The number of aryl methyl sites for hydroxylation is 1. The minimum Gasteiger partial charge on any atom is -0.454 e. The Bertz CT molecular complexity index is 959. The van der Waals surface area contributed by atoms with Crippen LogP contribution >= 0.6 is 11.8 Å². The Balaban J connectivity index is 1.43. The van der Waals surface area contributed by atoms with E-state index in [4.69, 9.17) is 19.9 Å². The van der Waals surface area contributed by atoms with Crippen LogP contribution in [0.15, 0.2) is 23.4 Å². The number of carbonyl (C=O) groups is 2. The van der Waals surface area contributed by atoms with Crippen molar-refractivity contribution in [2.45, 2.75) is 55.7 Å². The van der Waals surface area contributed by atoms with Crippen molar-refractivity contribution in [2.24, 2.45) is 5.73 Å². The Labute approximate surface area is 183 Å². The Morgan fingerprint density at radius 3 is 2.94 bits per heavy atom. The summed E-state index contributed by atoms with van der Waals surface area (Å²) >= 11 is 1.31. The number of fused-ring (bicyclic) bond motifs is 1. The summed E-state index contributed by atoms with van der Waals surface area (Å²) < 4.78 is 18.3. The van der Waals surface area contributed by atoms with E-state index in [0.29, 0.717) is 41.1 Å². The number of primary amides is 1. The monoisotopic (exact) mass is 447 g/mol. The second-order valence-corrected chi connectivity index (χ2v) is 8.74. The van der Waals surface area contributed by atoms with Crippen molar-refractivity contribution in [1.29, 1.82) is 0 Å². The molecule has 166 valence electrons. The van der Waals surface area contributed by atoms with Gasteiger partial charge < -0.3 is 29.8 Å². The van der Waals surface area contributed by atoms with Crippen LogP contribution in [0.25, 0.3) is 0 Å². The molecule has 0 spiro atoms. The predicted octanol–water partition coefficient (Wildman–Crippen LogP) is 1.72. The average Bonchev–Trinajstić information content (AvgIpc) is 3.49. The summed E-state index contributed by atoms with van der Waals surface area (Å²) in [5, 5.41) is 11.6. The van der Waals surface area contributed by atoms with Gasteiger partial charge in [-0.1, -0.05) is 11.8 Å². The number of carbonyl (C=O) groups excluding carboxylic acids is 2. The van der Waals surface area contributed by atoms with Crippen molar-refractivity contribution in [2.75, 3.05) is 18.7 Å². The summed E-state index contributed by atoms with van der Waals surface area (Å²) in [6.45, 7) is 3.30. The number of nitrogens with one attached hydrogen (secondary N) is 1. The van der Waals surface area contributed by atoms with Crippen molar-refractivity contribution in [3.8, 4) is 11.5 Å². The van der Waals surface area contributed by atoms with Crippen LogP contribution in [0.1, 0.15) is 32.0 Å². The minimum absolute atomic E-state index is 0.0699. The Hall–Kier alpha value is -2.79. The molecule has 2 atom stereocenters. The number of aromatic nitrogens is 3. The molecular formula is C20H25N5O5S. The zero-order chi connectivity index (χ0) is 21.8. The van der Waals surface area contributed by atoms with Gasteiger partial charge in [-0.05, 0) is 31.9 Å². The van der Waals surface area contributed by atoms with Crippen LogP contribution in [-0.4, -0.2) is 51.3 Å². The fourth-order valence-corrected chi connectivity index (χ4v) is 4.31. The van der Waals surface area contributed by atoms with Crippen LogP contribution in [0, 0.1) is 0 Å². The summed E-state index contributed by atoms with van der Waals surface area (Å²) in [6.07, 6.45) is 2.63. The quantitative estimate of drug-likeness (QED) is 0.556. The summed E-state index contributed by atoms with van der Waals surface area (Å²) in [6, 6.07) is 5.27. The minimum atomic E-state index is -0.429. The number of hydrogen-bond donors (Lipinski definition) is 2. The molecule has 2 aromatic rings. The molecule has 0 unspecified atom stereocenters. The van der Waals surface area contributed by atoms with Gasteiger partial charge >= 0.3 is 0 Å². The molecule has 2 aliphatic heterocycles. The fraction of sp³-hybridized carbons (Fsp3) is 0.500. The van der Waals surface area contributed by atoms with Crippen molar-refractivity contribution in [3.05, 3.63) is 24.0 Å². The first-order chi connectivity index (χ1) is 15.0. The van der Waals surface area contributed by atoms with Gasteiger partial charge in [-0.25, -0.2) is 0 Å². The molecule has 3 N–H and O–H groups in total. The van der Waals surface area contributed by atoms with Crippen LogP contribution in [0.4, 0.5) is 5.69 Å². The molecule has 0 radical (unpaired) electrons. The molecule has 2 amide bonds. The number of amides is 2. The van der Waals surface area contributed by atoms with Gasteiger partial charge in [0.2, 0.25) is 18.6 Å². The molecule has 11 heteroatoms. The van der Waals surface area contributed by atoms with Gasteiger partial charge in [-0.3, -0.25) is 9.59 Å². The lowest BCUT2D eigenvalue weighted by atomic mass is 10.2. The lowest BCUT2D eigenvalue weighted by Crippen LogP contribution is -2.24. The average molecular weight is 448 g/mol. The molecule has 2 aliphatic rings. The number of ether oxygens (including phenoxy) is 3. The maximum absolute atomic E-state index is 12.7. The zero-order valence-corrected chi connectivity index (χ0v) is 18.0. The number of thioether (sulfide) groups is 1. The van der Waals surface area contributed by atoms with Crippen LogP contribution < -0.4 is 20.5 Å². The highest BCUT2D eigenvalue weighted by Gasteiger charge is 2.24. The summed E-state index contributed by atoms with van der Waals surface area (Å²) in [5.74, 6) is 1.37. The highest BCUT2D eigenvalue weighted by molar-refractivity contribution is 8.00. The molecule has 10 nitrogen and oxygen atoms in total. The van der Waals surface area contributed by atoms with E-state index in [1.807, 2.05) is 4.57 Å². The molecule has 0 saturated carbocycles. The third-order valence-corrected chi connectivity index (χ3v) is 6.17. The number of rotatable bonds is 9. The second-order valence-electron chi connectivity index (χ2n) is 7.43. The lowest BCUT2D eigenvalue weighted by molar-refractivity contribution is -0.118. The molecule has 31 heavy (non-hydrogen) atoms. The predicted molar refractivity (Wildman–Crippen MR) is 113 cm³/mol. The van der Waals surface area contributed by atoms with Crippen LogP contribution in [-0.2, 0) is 27.3 Å². The molecule has 1 saturated heterocycles. The first-order valence-electron chi connectivity index (χ1n) is 10.2. The Morgan fingerprint density at radius 2 is 2.16 bits per heavy atom. The summed E-state index contributed by atoms with van der Waals surface area (Å²) in [5.41, 5.74) is 5.92. The number of nitrogens with two attached hydrogens (primary N) is 1. The van der Waals surface area contributed by atoms with Crippen LogP contribution in [0.2, 0.25) is 0 Å². The number of benzene rings is 1. The van der Waals surface area contributed by atoms with Crippen molar-refractivity contribution < 1.29 is 23.8 Å². The fourth-order valence-electron chi connectivity index (χ4n) is 3.43. The van der Waals surface area contributed by atoms with Gasteiger partial charge in [0.05, 0.1) is 17.9 Å². The van der Waals surface area contributed by atoms with E-state index in [2.05, 4.69) is 15.5 Å². The van der Waals surface area contributed by atoms with Crippen molar-refractivity contribution in [1.82, 2.24) is 14.8 Å². The molecule has 3 heterocycles. The maximum atomic E-state index is 12.7. The molecular weight excluding hydrogens is 422 g/mol. The van der Waals surface area contributed by atoms with Gasteiger partial charge in [0.15, 0.2) is 16.7 Å². The van der Waals surface area contributed by atoms with E-state index in [1.54, 1.807) is 25.1 Å². The van der Waals surface area contributed by atoms with Crippen molar-refractivity contribution in [3.63, 3.8) is 0 Å². The van der Waals surface area contributed by atoms with Crippen molar-refractivity contribution >= 4 is 29.3 Å². The van der Waals surface area contributed by atoms with Crippen LogP contribution in [0.5, 0.6) is 11.5 Å². The smallest absolute Gasteiger partial charge is 0.237 e. The second kappa shape index (κ2) is 9.56. The van der Waals surface area contributed by atoms with E-state index in [0.717, 1.165) is 19.4 Å². The Kier molecular flexibility index (Phi) is 6.62. The lowest BCUT2D eigenvalue weighted by Gasteiger charge is -2.16. The Morgan fingerprint density at radius 1 is 1.32 bits per heavy atom. The van der Waals surface area contributed by atoms with E-state index < -0.39 is 11.2 Å². The molecule has 1 aromatic carbocycles. The molecule has 0 aliphatic carbocycles. The first-order valence-corrected chi connectivity index (χ1v) is 11.1. The van der Waals surface area contributed by atoms with Gasteiger partial charge in [-0.15, -0.1) is 10.2 Å². The SMILES string of the molecule is C[C@@H](Sc1nnc(CCC(N)=O)n1C[C@@H]1CCCO1)C(=O)Nc1ccc2c(c1)OCO2. The third kappa shape index (κ3) is 5.28. The molecule has 1 aromatic heterocycles. The zero-order valence-electron chi connectivity index (χ0n) is 17.2. The largest absolute Gasteiger partial charge is 0.454 e.